The molecule has 1 N–H and O–H groups in total. The van der Waals surface area contributed by atoms with E-state index in [1.807, 2.05) is 13.0 Å². The average molecular weight is 398 g/mol. The number of rotatable bonds is 8. The quantitative estimate of drug-likeness (QED) is 0.721. The Labute approximate surface area is 162 Å². The highest BCUT2D eigenvalue weighted by molar-refractivity contribution is 7.92. The molecule has 0 aliphatic carbocycles. The van der Waals surface area contributed by atoms with Gasteiger partial charge in [0.15, 0.2) is 0 Å². The molecule has 27 heavy (non-hydrogen) atoms. The van der Waals surface area contributed by atoms with Gasteiger partial charge < -0.3 is 15.0 Å². The first-order valence-electron chi connectivity index (χ1n) is 9.28. The van der Waals surface area contributed by atoms with E-state index >= 15 is 0 Å². The van der Waals surface area contributed by atoms with Crippen LogP contribution < -0.4 is 14.4 Å². The number of likely N-dealkylation sites (tertiary alicyclic amines) is 1. The number of methoxy groups -OCH3 is 1. The van der Waals surface area contributed by atoms with Crippen molar-refractivity contribution in [3.8, 4) is 5.75 Å². The molecule has 1 aliphatic rings. The Kier molecular flexibility index (Phi) is 7.49. The number of hydrogen-bond acceptors (Lipinski definition) is 5. The van der Waals surface area contributed by atoms with Crippen LogP contribution in [0, 0.1) is 12.8 Å². The van der Waals surface area contributed by atoms with Crippen LogP contribution in [0.1, 0.15) is 24.8 Å². The van der Waals surface area contributed by atoms with Crippen LogP contribution >= 0.6 is 0 Å². The second kappa shape index (κ2) is 9.41. The molecular weight excluding hydrogens is 366 g/mol. The zero-order chi connectivity index (χ0) is 20.0. The van der Waals surface area contributed by atoms with Gasteiger partial charge in [-0.05, 0) is 69.9 Å². The van der Waals surface area contributed by atoms with E-state index in [0.717, 1.165) is 48.5 Å². The van der Waals surface area contributed by atoms with Gasteiger partial charge in [0.05, 0.1) is 19.1 Å². The summed E-state index contributed by atoms with van der Waals surface area (Å²) in [6.07, 6.45) is 4.30. The largest absolute Gasteiger partial charge is 0.495 e. The van der Waals surface area contributed by atoms with Crippen LogP contribution in [0.4, 0.5) is 5.69 Å². The van der Waals surface area contributed by atoms with Crippen molar-refractivity contribution >= 4 is 21.6 Å². The van der Waals surface area contributed by atoms with E-state index in [4.69, 9.17) is 4.74 Å². The lowest BCUT2D eigenvalue weighted by molar-refractivity contribution is -0.119. The first-order chi connectivity index (χ1) is 12.7. The van der Waals surface area contributed by atoms with Crippen LogP contribution in [0.5, 0.6) is 5.75 Å². The van der Waals surface area contributed by atoms with Crippen LogP contribution in [0.25, 0.3) is 0 Å². The highest BCUT2D eigenvalue weighted by Gasteiger charge is 2.24. The van der Waals surface area contributed by atoms with E-state index in [9.17, 15) is 13.2 Å². The van der Waals surface area contributed by atoms with Crippen LogP contribution in [-0.2, 0) is 14.8 Å². The van der Waals surface area contributed by atoms with E-state index < -0.39 is 10.0 Å². The van der Waals surface area contributed by atoms with Crippen LogP contribution in [0.3, 0.4) is 0 Å². The number of ether oxygens (including phenoxy) is 1. The Hall–Kier alpha value is -1.80. The summed E-state index contributed by atoms with van der Waals surface area (Å²) in [5, 5.41) is 2.87. The fourth-order valence-corrected chi connectivity index (χ4v) is 4.18. The molecule has 1 aliphatic heterocycles. The Morgan fingerprint density at radius 2 is 2.00 bits per heavy atom. The number of nitrogens with one attached hydrogen (secondary N) is 1. The fourth-order valence-electron chi connectivity index (χ4n) is 3.33. The number of nitrogens with zero attached hydrogens (tertiary/aromatic N) is 2. The highest BCUT2D eigenvalue weighted by Crippen LogP contribution is 2.30. The van der Waals surface area contributed by atoms with Crippen LogP contribution in [-0.4, -0.2) is 65.8 Å². The highest BCUT2D eigenvalue weighted by atomic mass is 32.2. The number of carbonyl (C=O) groups excluding carboxylic acids is 1. The van der Waals surface area contributed by atoms with Gasteiger partial charge in [0.2, 0.25) is 15.9 Å². The summed E-state index contributed by atoms with van der Waals surface area (Å²) >= 11 is 0. The standard InChI is InChI=1S/C19H31N3O4S/c1-15-5-6-18(26-3)17(13-15)22(27(4,24)25)14-19(23)20-10-7-16-8-11-21(2)12-9-16/h5-6,13,16H,7-12,14H2,1-4H3,(H,20,23). The van der Waals surface area contributed by atoms with Gasteiger partial charge in [0, 0.05) is 6.54 Å². The second-order valence-corrected chi connectivity index (χ2v) is 9.24. The minimum Gasteiger partial charge on any atom is -0.495 e. The number of hydrogen-bond donors (Lipinski definition) is 1. The molecule has 152 valence electrons. The Morgan fingerprint density at radius 3 is 2.59 bits per heavy atom. The van der Waals surface area contributed by atoms with E-state index in [-0.39, 0.29) is 12.5 Å². The molecular formula is C19H31N3O4S. The normalized spacial score (nSPS) is 16.1. The molecule has 0 aromatic heterocycles. The van der Waals surface area contributed by atoms with Crippen molar-refractivity contribution in [1.29, 1.82) is 0 Å². The molecule has 7 nitrogen and oxygen atoms in total. The second-order valence-electron chi connectivity index (χ2n) is 7.33. The first-order valence-corrected chi connectivity index (χ1v) is 11.1. The molecule has 0 saturated carbocycles. The summed E-state index contributed by atoms with van der Waals surface area (Å²) in [4.78, 5) is 14.7. The predicted molar refractivity (Wildman–Crippen MR) is 108 cm³/mol. The molecule has 1 aromatic rings. The van der Waals surface area contributed by atoms with Gasteiger partial charge in [0.25, 0.3) is 0 Å². The van der Waals surface area contributed by atoms with Crippen molar-refractivity contribution in [2.45, 2.75) is 26.2 Å². The zero-order valence-electron chi connectivity index (χ0n) is 16.7. The van der Waals surface area contributed by atoms with Gasteiger partial charge in [-0.2, -0.15) is 0 Å². The number of benzene rings is 1. The average Bonchev–Trinajstić information content (AvgIpc) is 2.60. The summed E-state index contributed by atoms with van der Waals surface area (Å²) in [7, 11) is -0.0223. The van der Waals surface area contributed by atoms with E-state index in [1.54, 1.807) is 12.1 Å². The number of amides is 1. The molecule has 0 spiro atoms. The molecule has 1 aromatic carbocycles. The SMILES string of the molecule is COc1ccc(C)cc1N(CC(=O)NCCC1CCN(C)CC1)S(C)(=O)=O. The lowest BCUT2D eigenvalue weighted by Gasteiger charge is -2.29. The van der Waals surface area contributed by atoms with Gasteiger partial charge in [0.1, 0.15) is 12.3 Å². The maximum atomic E-state index is 12.4. The Bertz CT molecular complexity index is 743. The molecule has 1 amide bonds. The third-order valence-electron chi connectivity index (χ3n) is 5.00. The molecule has 1 heterocycles. The van der Waals surface area contributed by atoms with Crippen molar-refractivity contribution in [2.24, 2.45) is 5.92 Å². The molecule has 0 atom stereocenters. The lowest BCUT2D eigenvalue weighted by atomic mass is 9.94. The van der Waals surface area contributed by atoms with E-state index in [1.165, 1.54) is 7.11 Å². The number of aryl methyl sites for hydroxylation is 1. The molecule has 1 fully saturated rings. The number of carbonyl (C=O) groups is 1. The Balaban J connectivity index is 1.98. The molecule has 0 radical (unpaired) electrons. The zero-order valence-corrected chi connectivity index (χ0v) is 17.5. The smallest absolute Gasteiger partial charge is 0.240 e. The van der Waals surface area contributed by atoms with Crippen molar-refractivity contribution in [2.75, 3.05) is 50.9 Å². The maximum absolute atomic E-state index is 12.4. The minimum atomic E-state index is -3.63. The van der Waals surface area contributed by atoms with Crippen LogP contribution in [0.2, 0.25) is 0 Å². The molecule has 0 bridgehead atoms. The summed E-state index contributed by atoms with van der Waals surface area (Å²) in [5.41, 5.74) is 1.27. The Morgan fingerprint density at radius 1 is 1.33 bits per heavy atom. The summed E-state index contributed by atoms with van der Waals surface area (Å²) in [5.74, 6) is 0.728. The van der Waals surface area contributed by atoms with E-state index in [0.29, 0.717) is 23.9 Å². The third kappa shape index (κ3) is 6.39. The maximum Gasteiger partial charge on any atom is 0.240 e. The first kappa shape index (κ1) is 21.5. The number of piperidine rings is 1. The van der Waals surface area contributed by atoms with Crippen molar-refractivity contribution in [3.63, 3.8) is 0 Å². The van der Waals surface area contributed by atoms with Gasteiger partial charge in [-0.25, -0.2) is 8.42 Å². The third-order valence-corrected chi connectivity index (χ3v) is 6.13. The van der Waals surface area contributed by atoms with Gasteiger partial charge >= 0.3 is 0 Å². The fraction of sp³-hybridized carbons (Fsp3) is 0.632. The molecule has 2 rings (SSSR count). The minimum absolute atomic E-state index is 0.258. The summed E-state index contributed by atoms with van der Waals surface area (Å²) < 4.78 is 31.0. The predicted octanol–water partition coefficient (Wildman–Crippen LogP) is 1.62. The monoisotopic (exact) mass is 397 g/mol. The van der Waals surface area contributed by atoms with Crippen LogP contribution in [0.15, 0.2) is 18.2 Å². The lowest BCUT2D eigenvalue weighted by Crippen LogP contribution is -2.41. The number of sulfonamides is 1. The van der Waals surface area contributed by atoms with Crippen molar-refractivity contribution < 1.29 is 17.9 Å². The van der Waals surface area contributed by atoms with Gasteiger partial charge in [-0.15, -0.1) is 0 Å². The summed E-state index contributed by atoms with van der Waals surface area (Å²) in [6, 6.07) is 5.26. The van der Waals surface area contributed by atoms with Gasteiger partial charge in [-0.3, -0.25) is 9.10 Å². The molecule has 8 heteroatoms. The number of anilines is 1. The molecule has 0 unspecified atom stereocenters. The summed E-state index contributed by atoms with van der Waals surface area (Å²) in [6.45, 7) is 4.36. The van der Waals surface area contributed by atoms with Crippen molar-refractivity contribution in [1.82, 2.24) is 10.2 Å². The topological polar surface area (TPSA) is 79.0 Å². The molecule has 1 saturated heterocycles. The van der Waals surface area contributed by atoms with Gasteiger partial charge in [-0.1, -0.05) is 6.07 Å². The van der Waals surface area contributed by atoms with Crippen molar-refractivity contribution in [3.05, 3.63) is 23.8 Å². The van der Waals surface area contributed by atoms with E-state index in [2.05, 4.69) is 17.3 Å².